The first-order valence-corrected chi connectivity index (χ1v) is 6.19. The molecule has 0 atom stereocenters. The van der Waals surface area contributed by atoms with E-state index in [1.165, 1.54) is 35.2 Å². The largest absolute Gasteiger partial charge is 0.300 e. The molecule has 0 amide bonds. The zero-order valence-electron chi connectivity index (χ0n) is 10.6. The van der Waals surface area contributed by atoms with Crippen LogP contribution in [0.5, 0.6) is 0 Å². The molecule has 1 aliphatic rings. The maximum atomic E-state index is 2.48. The van der Waals surface area contributed by atoms with Crippen LogP contribution in [0, 0.1) is 13.8 Å². The van der Waals surface area contributed by atoms with Crippen molar-refractivity contribution in [2.75, 3.05) is 19.6 Å². The Hall–Kier alpha value is -1.08. The number of rotatable bonds is 2. The monoisotopic (exact) mass is 215 g/mol. The molecule has 0 aromatic heterocycles. The Bertz CT molecular complexity index is 384. The number of nitrogens with zero attached hydrogens (tertiary/aromatic N) is 1. The third-order valence-corrected chi connectivity index (χ3v) is 3.33. The van der Waals surface area contributed by atoms with Crippen molar-refractivity contribution in [3.8, 4) is 0 Å². The minimum Gasteiger partial charge on any atom is -0.300 e. The fraction of sp³-hybridized carbons (Fsp3) is 0.467. The van der Waals surface area contributed by atoms with E-state index >= 15 is 0 Å². The molecule has 2 rings (SSSR count). The van der Waals surface area contributed by atoms with Gasteiger partial charge in [-0.05, 0) is 37.9 Å². The normalized spacial score (nSPS) is 17.3. The summed E-state index contributed by atoms with van der Waals surface area (Å²) in [5.74, 6) is 0. The van der Waals surface area contributed by atoms with E-state index in [-0.39, 0.29) is 0 Å². The summed E-state index contributed by atoms with van der Waals surface area (Å²) < 4.78 is 0. The highest BCUT2D eigenvalue weighted by atomic mass is 15.1. The molecule has 0 fully saturated rings. The minimum atomic E-state index is 1.11. The highest BCUT2D eigenvalue weighted by Gasteiger charge is 2.11. The number of hydrogen-bond acceptors (Lipinski definition) is 1. The van der Waals surface area contributed by atoms with Crippen LogP contribution in [0.2, 0.25) is 0 Å². The van der Waals surface area contributed by atoms with E-state index in [0.717, 1.165) is 13.1 Å². The van der Waals surface area contributed by atoms with Crippen molar-refractivity contribution in [1.82, 2.24) is 4.90 Å². The predicted molar refractivity (Wildman–Crippen MR) is 70.6 cm³/mol. The van der Waals surface area contributed by atoms with E-state index in [0.29, 0.717) is 0 Å². The highest BCUT2D eigenvalue weighted by molar-refractivity contribution is 5.67. The van der Waals surface area contributed by atoms with E-state index in [1.54, 1.807) is 0 Å². The van der Waals surface area contributed by atoms with Gasteiger partial charge in [-0.1, -0.05) is 42.3 Å². The molecule has 0 radical (unpaired) electrons. The molecule has 1 heterocycles. The SMILES string of the molecule is CCN1CC=C(c2cc(C)cc(C)c2)CC1. The van der Waals surface area contributed by atoms with Crippen molar-refractivity contribution in [2.45, 2.75) is 27.2 Å². The summed E-state index contributed by atoms with van der Waals surface area (Å²) in [7, 11) is 0. The second-order valence-corrected chi connectivity index (χ2v) is 4.75. The van der Waals surface area contributed by atoms with E-state index in [1.807, 2.05) is 0 Å². The van der Waals surface area contributed by atoms with Crippen molar-refractivity contribution >= 4 is 5.57 Å². The maximum Gasteiger partial charge on any atom is 0.0169 e. The Morgan fingerprint density at radius 2 is 1.81 bits per heavy atom. The van der Waals surface area contributed by atoms with Crippen molar-refractivity contribution in [3.05, 3.63) is 41.0 Å². The molecular formula is C15H21N. The fourth-order valence-corrected chi connectivity index (χ4v) is 2.42. The van der Waals surface area contributed by atoms with Crippen LogP contribution in [-0.4, -0.2) is 24.5 Å². The van der Waals surface area contributed by atoms with Crippen LogP contribution < -0.4 is 0 Å². The first kappa shape index (κ1) is 11.4. The Morgan fingerprint density at radius 1 is 1.12 bits per heavy atom. The zero-order valence-corrected chi connectivity index (χ0v) is 10.6. The first-order valence-electron chi connectivity index (χ1n) is 6.19. The van der Waals surface area contributed by atoms with Gasteiger partial charge in [-0.25, -0.2) is 0 Å². The second kappa shape index (κ2) is 4.84. The molecule has 0 aliphatic carbocycles. The predicted octanol–water partition coefficient (Wildman–Crippen LogP) is 3.41. The third kappa shape index (κ3) is 2.53. The molecule has 16 heavy (non-hydrogen) atoms. The molecule has 0 N–H and O–H groups in total. The number of likely N-dealkylation sites (N-methyl/N-ethyl adjacent to an activating group) is 1. The quantitative estimate of drug-likeness (QED) is 0.730. The summed E-state index contributed by atoms with van der Waals surface area (Å²) in [4.78, 5) is 2.48. The summed E-state index contributed by atoms with van der Waals surface area (Å²) in [6.07, 6.45) is 3.58. The molecule has 1 heteroatoms. The van der Waals surface area contributed by atoms with E-state index < -0.39 is 0 Å². The Morgan fingerprint density at radius 3 is 2.31 bits per heavy atom. The molecule has 86 valence electrons. The third-order valence-electron chi connectivity index (χ3n) is 3.33. The molecule has 0 unspecified atom stereocenters. The van der Waals surface area contributed by atoms with Gasteiger partial charge in [-0.2, -0.15) is 0 Å². The smallest absolute Gasteiger partial charge is 0.0169 e. The standard InChI is InChI=1S/C15H21N/c1-4-16-7-5-14(6-8-16)15-10-12(2)9-13(3)11-15/h5,9-11H,4,6-8H2,1-3H3. The van der Waals surface area contributed by atoms with Gasteiger partial charge in [0.15, 0.2) is 0 Å². The molecule has 1 nitrogen and oxygen atoms in total. The topological polar surface area (TPSA) is 3.24 Å². The lowest BCUT2D eigenvalue weighted by Gasteiger charge is -2.25. The summed E-state index contributed by atoms with van der Waals surface area (Å²) >= 11 is 0. The van der Waals surface area contributed by atoms with Gasteiger partial charge in [0, 0.05) is 13.1 Å². The van der Waals surface area contributed by atoms with Gasteiger partial charge < -0.3 is 0 Å². The number of hydrogen-bond donors (Lipinski definition) is 0. The van der Waals surface area contributed by atoms with Gasteiger partial charge in [-0.3, -0.25) is 4.90 Å². The average molecular weight is 215 g/mol. The molecule has 0 saturated heterocycles. The highest BCUT2D eigenvalue weighted by Crippen LogP contribution is 2.24. The van der Waals surface area contributed by atoms with E-state index in [2.05, 4.69) is 49.9 Å². The van der Waals surface area contributed by atoms with Gasteiger partial charge in [0.05, 0.1) is 0 Å². The van der Waals surface area contributed by atoms with Crippen LogP contribution in [0.15, 0.2) is 24.3 Å². The minimum absolute atomic E-state index is 1.11. The Kier molecular flexibility index (Phi) is 3.45. The van der Waals surface area contributed by atoms with Crippen LogP contribution in [0.3, 0.4) is 0 Å². The van der Waals surface area contributed by atoms with Crippen LogP contribution >= 0.6 is 0 Å². The lowest BCUT2D eigenvalue weighted by Crippen LogP contribution is -2.28. The van der Waals surface area contributed by atoms with Gasteiger partial charge in [-0.15, -0.1) is 0 Å². The summed E-state index contributed by atoms with van der Waals surface area (Å²) in [5.41, 5.74) is 5.69. The molecular weight excluding hydrogens is 194 g/mol. The fourth-order valence-electron chi connectivity index (χ4n) is 2.42. The van der Waals surface area contributed by atoms with E-state index in [9.17, 15) is 0 Å². The van der Waals surface area contributed by atoms with E-state index in [4.69, 9.17) is 0 Å². The summed E-state index contributed by atoms with van der Waals surface area (Å²) in [6, 6.07) is 6.85. The van der Waals surface area contributed by atoms with Gasteiger partial charge in [0.2, 0.25) is 0 Å². The average Bonchev–Trinajstić information content (AvgIpc) is 2.28. The maximum absolute atomic E-state index is 2.48. The van der Waals surface area contributed by atoms with Crippen molar-refractivity contribution in [3.63, 3.8) is 0 Å². The molecule has 1 aromatic carbocycles. The Balaban J connectivity index is 2.22. The van der Waals surface area contributed by atoms with Crippen LogP contribution in [0.4, 0.5) is 0 Å². The van der Waals surface area contributed by atoms with Crippen LogP contribution in [0.25, 0.3) is 5.57 Å². The number of aryl methyl sites for hydroxylation is 2. The molecule has 0 saturated carbocycles. The van der Waals surface area contributed by atoms with Crippen molar-refractivity contribution in [1.29, 1.82) is 0 Å². The summed E-state index contributed by atoms with van der Waals surface area (Å²) in [6.45, 7) is 10.1. The Labute approximate surface area is 98.8 Å². The second-order valence-electron chi connectivity index (χ2n) is 4.75. The molecule has 1 aromatic rings. The van der Waals surface area contributed by atoms with Crippen molar-refractivity contribution in [2.24, 2.45) is 0 Å². The van der Waals surface area contributed by atoms with Crippen LogP contribution in [-0.2, 0) is 0 Å². The molecule has 0 spiro atoms. The number of benzene rings is 1. The van der Waals surface area contributed by atoms with Crippen molar-refractivity contribution < 1.29 is 0 Å². The first-order chi connectivity index (χ1) is 7.69. The lowest BCUT2D eigenvalue weighted by atomic mass is 9.96. The lowest BCUT2D eigenvalue weighted by molar-refractivity contribution is 0.319. The zero-order chi connectivity index (χ0) is 11.5. The molecule has 0 bridgehead atoms. The van der Waals surface area contributed by atoms with Gasteiger partial charge in [0.25, 0.3) is 0 Å². The van der Waals surface area contributed by atoms with Gasteiger partial charge >= 0.3 is 0 Å². The summed E-state index contributed by atoms with van der Waals surface area (Å²) in [5, 5.41) is 0. The van der Waals surface area contributed by atoms with Gasteiger partial charge in [0.1, 0.15) is 0 Å². The van der Waals surface area contributed by atoms with Crippen LogP contribution in [0.1, 0.15) is 30.0 Å². The molecule has 1 aliphatic heterocycles.